The highest BCUT2D eigenvalue weighted by molar-refractivity contribution is 5.92. The summed E-state index contributed by atoms with van der Waals surface area (Å²) >= 11 is 0. The third kappa shape index (κ3) is 8.48. The van der Waals surface area contributed by atoms with Gasteiger partial charge in [-0.1, -0.05) is 20.3 Å². The van der Waals surface area contributed by atoms with Gasteiger partial charge in [-0.25, -0.2) is 4.98 Å². The van der Waals surface area contributed by atoms with Crippen molar-refractivity contribution < 1.29 is 9.59 Å². The van der Waals surface area contributed by atoms with E-state index in [2.05, 4.69) is 41.0 Å². The molecule has 1 atom stereocenters. The minimum absolute atomic E-state index is 0.00168. The SMILES string of the molecule is CC(C)CCN(CCC(=O)NCCCN1CCCCC1C)C(=O)c1cnccn1. The van der Waals surface area contributed by atoms with Crippen molar-refractivity contribution in [2.45, 2.75) is 65.3 Å². The van der Waals surface area contributed by atoms with E-state index in [9.17, 15) is 9.59 Å². The predicted molar refractivity (Wildman–Crippen MR) is 115 cm³/mol. The molecule has 2 amide bonds. The summed E-state index contributed by atoms with van der Waals surface area (Å²) in [6.07, 6.45) is 10.6. The first kappa shape index (κ1) is 23.3. The Balaban J connectivity index is 1.73. The van der Waals surface area contributed by atoms with Gasteiger partial charge < -0.3 is 15.1 Å². The summed E-state index contributed by atoms with van der Waals surface area (Å²) < 4.78 is 0. The summed E-state index contributed by atoms with van der Waals surface area (Å²) in [5, 5.41) is 3.00. The number of nitrogens with zero attached hydrogens (tertiary/aromatic N) is 4. The maximum atomic E-state index is 12.7. The average Bonchev–Trinajstić information content (AvgIpc) is 2.72. The highest BCUT2D eigenvalue weighted by Gasteiger charge is 2.19. The zero-order valence-corrected chi connectivity index (χ0v) is 18.3. The van der Waals surface area contributed by atoms with Crippen LogP contribution in [-0.4, -0.2) is 70.3 Å². The molecule has 162 valence electrons. The monoisotopic (exact) mass is 403 g/mol. The maximum Gasteiger partial charge on any atom is 0.274 e. The molecule has 1 aliphatic rings. The first-order chi connectivity index (χ1) is 14.0. The van der Waals surface area contributed by atoms with Crippen LogP contribution in [0.1, 0.15) is 69.8 Å². The lowest BCUT2D eigenvalue weighted by Crippen LogP contribution is -2.40. The third-order valence-electron chi connectivity index (χ3n) is 5.54. The Morgan fingerprint density at radius 1 is 1.28 bits per heavy atom. The second-order valence-corrected chi connectivity index (χ2v) is 8.40. The van der Waals surface area contributed by atoms with Crippen molar-refractivity contribution in [3.05, 3.63) is 24.3 Å². The van der Waals surface area contributed by atoms with Gasteiger partial charge in [0.05, 0.1) is 6.20 Å². The zero-order chi connectivity index (χ0) is 21.1. The van der Waals surface area contributed by atoms with Crippen molar-refractivity contribution in [1.29, 1.82) is 0 Å². The number of amides is 2. The third-order valence-corrected chi connectivity index (χ3v) is 5.54. The van der Waals surface area contributed by atoms with Crippen LogP contribution in [0.4, 0.5) is 0 Å². The van der Waals surface area contributed by atoms with Crippen LogP contribution in [-0.2, 0) is 4.79 Å². The van der Waals surface area contributed by atoms with Crippen LogP contribution in [0.25, 0.3) is 0 Å². The van der Waals surface area contributed by atoms with Gasteiger partial charge in [-0.3, -0.25) is 14.6 Å². The van der Waals surface area contributed by atoms with Crippen LogP contribution in [0, 0.1) is 5.92 Å². The van der Waals surface area contributed by atoms with Gasteiger partial charge in [-0.05, 0) is 45.1 Å². The van der Waals surface area contributed by atoms with E-state index in [1.807, 2.05) is 0 Å². The van der Waals surface area contributed by atoms with Gasteiger partial charge in [0, 0.05) is 51.0 Å². The van der Waals surface area contributed by atoms with Crippen molar-refractivity contribution in [3.8, 4) is 0 Å². The molecule has 1 aromatic heterocycles. The van der Waals surface area contributed by atoms with E-state index >= 15 is 0 Å². The number of rotatable bonds is 11. The molecule has 0 spiro atoms. The number of carbonyl (C=O) groups is 2. The standard InChI is InChI=1S/C22H37N5O2/c1-18(2)8-15-27(22(29)20-17-23-11-12-24-20)16-9-21(28)25-10-6-14-26-13-5-4-7-19(26)3/h11-12,17-19H,4-10,13-16H2,1-3H3,(H,25,28). The topological polar surface area (TPSA) is 78.4 Å². The second kappa shape index (κ2) is 12.5. The van der Waals surface area contributed by atoms with Gasteiger partial charge in [-0.15, -0.1) is 0 Å². The number of hydrogen-bond acceptors (Lipinski definition) is 5. The molecule has 7 nitrogen and oxygen atoms in total. The van der Waals surface area contributed by atoms with Crippen LogP contribution < -0.4 is 5.32 Å². The van der Waals surface area contributed by atoms with E-state index < -0.39 is 0 Å². The van der Waals surface area contributed by atoms with E-state index in [1.165, 1.54) is 38.2 Å². The molecular formula is C22H37N5O2. The molecule has 1 fully saturated rings. The van der Waals surface area contributed by atoms with Crippen LogP contribution >= 0.6 is 0 Å². The summed E-state index contributed by atoms with van der Waals surface area (Å²) in [7, 11) is 0. The number of carbonyl (C=O) groups excluding carboxylic acids is 2. The van der Waals surface area contributed by atoms with Gasteiger partial charge >= 0.3 is 0 Å². The van der Waals surface area contributed by atoms with Gasteiger partial charge in [-0.2, -0.15) is 0 Å². The number of nitrogens with one attached hydrogen (secondary N) is 1. The fraction of sp³-hybridized carbons (Fsp3) is 0.727. The molecule has 1 aliphatic heterocycles. The Hall–Kier alpha value is -2.02. The molecule has 0 aliphatic carbocycles. The average molecular weight is 404 g/mol. The number of piperidine rings is 1. The van der Waals surface area contributed by atoms with Crippen molar-refractivity contribution >= 4 is 11.8 Å². The van der Waals surface area contributed by atoms with Crippen LogP contribution in [0.15, 0.2) is 18.6 Å². The minimum atomic E-state index is -0.161. The normalized spacial score (nSPS) is 17.3. The molecule has 2 heterocycles. The molecule has 29 heavy (non-hydrogen) atoms. The zero-order valence-electron chi connectivity index (χ0n) is 18.3. The summed E-state index contributed by atoms with van der Waals surface area (Å²) in [6, 6.07) is 0.654. The number of hydrogen-bond donors (Lipinski definition) is 1. The Bertz CT molecular complexity index is 623. The van der Waals surface area contributed by atoms with Gasteiger partial charge in [0.25, 0.3) is 5.91 Å². The maximum absolute atomic E-state index is 12.7. The van der Waals surface area contributed by atoms with Crippen molar-refractivity contribution in [2.75, 3.05) is 32.7 Å². The summed E-state index contributed by atoms with van der Waals surface area (Å²) in [4.78, 5) is 37.3. The lowest BCUT2D eigenvalue weighted by molar-refractivity contribution is -0.121. The first-order valence-electron chi connectivity index (χ1n) is 11.0. The van der Waals surface area contributed by atoms with Crippen LogP contribution in [0.5, 0.6) is 0 Å². The predicted octanol–water partition coefficient (Wildman–Crippen LogP) is 2.74. The van der Waals surface area contributed by atoms with Gasteiger partial charge in [0.2, 0.25) is 5.91 Å². The molecule has 1 N–H and O–H groups in total. The summed E-state index contributed by atoms with van der Waals surface area (Å²) in [5.41, 5.74) is 0.326. The Kier molecular flexibility index (Phi) is 10.0. The smallest absolute Gasteiger partial charge is 0.274 e. The van der Waals surface area contributed by atoms with Crippen molar-refractivity contribution in [1.82, 2.24) is 25.1 Å². The highest BCUT2D eigenvalue weighted by Crippen LogP contribution is 2.16. The quantitative estimate of drug-likeness (QED) is 0.575. The molecule has 1 unspecified atom stereocenters. The molecule has 0 bridgehead atoms. The first-order valence-corrected chi connectivity index (χ1v) is 11.0. The van der Waals surface area contributed by atoms with Crippen LogP contribution in [0.2, 0.25) is 0 Å². The number of likely N-dealkylation sites (tertiary alicyclic amines) is 1. The minimum Gasteiger partial charge on any atom is -0.356 e. The Morgan fingerprint density at radius 3 is 2.79 bits per heavy atom. The van der Waals surface area contributed by atoms with E-state index in [-0.39, 0.29) is 11.8 Å². The summed E-state index contributed by atoms with van der Waals surface area (Å²) in [5.74, 6) is 0.321. The summed E-state index contributed by atoms with van der Waals surface area (Å²) in [6.45, 7) is 10.5. The van der Waals surface area contributed by atoms with E-state index in [0.29, 0.717) is 43.7 Å². The van der Waals surface area contributed by atoms with Crippen molar-refractivity contribution in [2.24, 2.45) is 5.92 Å². The lowest BCUT2D eigenvalue weighted by Gasteiger charge is -2.33. The molecule has 0 saturated carbocycles. The molecule has 1 saturated heterocycles. The second-order valence-electron chi connectivity index (χ2n) is 8.40. The fourth-order valence-corrected chi connectivity index (χ4v) is 3.63. The van der Waals surface area contributed by atoms with Gasteiger partial charge in [0.1, 0.15) is 5.69 Å². The lowest BCUT2D eigenvalue weighted by atomic mass is 10.0. The molecule has 1 aromatic rings. The molecule has 0 aromatic carbocycles. The number of aromatic nitrogens is 2. The Morgan fingerprint density at radius 2 is 2.10 bits per heavy atom. The van der Waals surface area contributed by atoms with Crippen molar-refractivity contribution in [3.63, 3.8) is 0 Å². The Labute approximate surface area is 175 Å². The van der Waals surface area contributed by atoms with Crippen LogP contribution in [0.3, 0.4) is 0 Å². The molecular weight excluding hydrogens is 366 g/mol. The van der Waals surface area contributed by atoms with E-state index in [1.54, 1.807) is 11.1 Å². The van der Waals surface area contributed by atoms with E-state index in [4.69, 9.17) is 0 Å². The highest BCUT2D eigenvalue weighted by atomic mass is 16.2. The molecule has 2 rings (SSSR count). The van der Waals surface area contributed by atoms with Gasteiger partial charge in [0.15, 0.2) is 0 Å². The fourth-order valence-electron chi connectivity index (χ4n) is 3.63. The molecule has 7 heteroatoms. The van der Waals surface area contributed by atoms with E-state index in [0.717, 1.165) is 19.4 Å². The largest absolute Gasteiger partial charge is 0.356 e. The molecule has 0 radical (unpaired) electrons.